The van der Waals surface area contributed by atoms with Crippen molar-refractivity contribution in [3.05, 3.63) is 59.4 Å². The second kappa shape index (κ2) is 6.30. The molecule has 0 saturated carbocycles. The second-order valence-corrected chi connectivity index (χ2v) is 4.48. The Kier molecular flexibility index (Phi) is 4.47. The van der Waals surface area contributed by atoms with E-state index in [-0.39, 0.29) is 18.1 Å². The average molecular weight is 294 g/mol. The van der Waals surface area contributed by atoms with E-state index >= 15 is 0 Å². The van der Waals surface area contributed by atoms with Gasteiger partial charge in [0.1, 0.15) is 5.82 Å². The zero-order valence-corrected chi connectivity index (χ0v) is 11.2. The van der Waals surface area contributed by atoms with Crippen LogP contribution in [0, 0.1) is 17.5 Å². The van der Waals surface area contributed by atoms with Gasteiger partial charge in [0.05, 0.1) is 5.69 Å². The van der Waals surface area contributed by atoms with E-state index in [1.807, 2.05) is 0 Å². The summed E-state index contributed by atoms with van der Waals surface area (Å²) in [6, 6.07) is 8.17. The zero-order chi connectivity index (χ0) is 15.4. The lowest BCUT2D eigenvalue weighted by Crippen LogP contribution is -2.06. The number of halogens is 3. The Morgan fingerprint density at radius 3 is 2.38 bits per heavy atom. The molecule has 2 rings (SSSR count). The molecule has 3 nitrogen and oxygen atoms in total. The Labute approximate surface area is 119 Å². The van der Waals surface area contributed by atoms with Crippen molar-refractivity contribution in [2.24, 2.45) is 0 Å². The van der Waals surface area contributed by atoms with E-state index in [1.165, 1.54) is 6.92 Å². The van der Waals surface area contributed by atoms with Gasteiger partial charge in [-0.3, -0.25) is 4.79 Å². The number of benzene rings is 2. The molecule has 0 saturated heterocycles. The molecular formula is C15H13F3N2O. The molecule has 0 bridgehead atoms. The van der Waals surface area contributed by atoms with Gasteiger partial charge >= 0.3 is 0 Å². The summed E-state index contributed by atoms with van der Waals surface area (Å²) < 4.78 is 39.5. The van der Waals surface area contributed by atoms with Crippen molar-refractivity contribution in [1.29, 1.82) is 0 Å². The highest BCUT2D eigenvalue weighted by molar-refractivity contribution is 5.88. The minimum atomic E-state index is -1.24. The third-order valence-electron chi connectivity index (χ3n) is 2.75. The van der Waals surface area contributed by atoms with E-state index in [0.29, 0.717) is 11.8 Å². The normalized spacial score (nSPS) is 10.3. The molecule has 0 spiro atoms. The summed E-state index contributed by atoms with van der Waals surface area (Å²) in [5.74, 6) is -3.39. The predicted octanol–water partition coefficient (Wildman–Crippen LogP) is 3.67. The molecule has 0 radical (unpaired) electrons. The van der Waals surface area contributed by atoms with Gasteiger partial charge in [-0.25, -0.2) is 13.2 Å². The summed E-state index contributed by atoms with van der Waals surface area (Å²) >= 11 is 0. The number of anilines is 2. The molecule has 0 aliphatic heterocycles. The Morgan fingerprint density at radius 1 is 1.10 bits per heavy atom. The van der Waals surface area contributed by atoms with Crippen molar-refractivity contribution in [1.82, 2.24) is 0 Å². The van der Waals surface area contributed by atoms with Gasteiger partial charge in [-0.2, -0.15) is 0 Å². The number of hydrogen-bond donors (Lipinski definition) is 2. The molecule has 6 heteroatoms. The lowest BCUT2D eigenvalue weighted by molar-refractivity contribution is -0.114. The number of nitrogens with one attached hydrogen (secondary N) is 2. The Balaban J connectivity index is 2.05. The first-order valence-electron chi connectivity index (χ1n) is 6.20. The Bertz CT molecular complexity index is 657. The van der Waals surface area contributed by atoms with Gasteiger partial charge in [-0.1, -0.05) is 12.1 Å². The van der Waals surface area contributed by atoms with E-state index in [0.717, 1.165) is 11.6 Å². The minimum absolute atomic E-state index is 0.182. The number of carbonyl (C=O) groups excluding carboxylic acids is 1. The predicted molar refractivity (Wildman–Crippen MR) is 74.4 cm³/mol. The summed E-state index contributed by atoms with van der Waals surface area (Å²) in [5.41, 5.74) is 1.17. The highest BCUT2D eigenvalue weighted by atomic mass is 19.2. The van der Waals surface area contributed by atoms with E-state index in [1.54, 1.807) is 24.3 Å². The maximum atomic E-state index is 13.4. The van der Waals surface area contributed by atoms with Gasteiger partial charge in [0.15, 0.2) is 11.6 Å². The molecule has 0 aromatic heterocycles. The highest BCUT2D eigenvalue weighted by Crippen LogP contribution is 2.20. The first-order valence-corrected chi connectivity index (χ1v) is 6.20. The number of amides is 1. The molecule has 0 aliphatic rings. The summed E-state index contributed by atoms with van der Waals surface area (Å²) in [5, 5.41) is 5.24. The molecule has 0 fully saturated rings. The molecule has 110 valence electrons. The third-order valence-corrected chi connectivity index (χ3v) is 2.75. The Hall–Kier alpha value is -2.50. The smallest absolute Gasteiger partial charge is 0.221 e. The maximum Gasteiger partial charge on any atom is 0.221 e. The van der Waals surface area contributed by atoms with Crippen LogP contribution in [-0.4, -0.2) is 5.91 Å². The number of carbonyl (C=O) groups is 1. The van der Waals surface area contributed by atoms with Crippen LogP contribution >= 0.6 is 0 Å². The van der Waals surface area contributed by atoms with Crippen LogP contribution in [0.3, 0.4) is 0 Å². The number of rotatable bonds is 4. The molecule has 21 heavy (non-hydrogen) atoms. The summed E-state index contributed by atoms with van der Waals surface area (Å²) in [6.45, 7) is 1.59. The van der Waals surface area contributed by atoms with Crippen LogP contribution in [0.2, 0.25) is 0 Å². The van der Waals surface area contributed by atoms with Crippen molar-refractivity contribution >= 4 is 17.3 Å². The topological polar surface area (TPSA) is 41.1 Å². The van der Waals surface area contributed by atoms with Crippen molar-refractivity contribution in [3.63, 3.8) is 0 Å². The molecule has 0 unspecified atom stereocenters. The lowest BCUT2D eigenvalue weighted by Gasteiger charge is -2.09. The van der Waals surface area contributed by atoms with E-state index < -0.39 is 17.5 Å². The first kappa shape index (κ1) is 14.9. The lowest BCUT2D eigenvalue weighted by atomic mass is 10.2. The summed E-state index contributed by atoms with van der Waals surface area (Å²) in [4.78, 5) is 10.9. The van der Waals surface area contributed by atoms with Crippen LogP contribution in [-0.2, 0) is 11.3 Å². The molecule has 0 heterocycles. The summed E-state index contributed by atoms with van der Waals surface area (Å²) in [6.07, 6.45) is 0. The van der Waals surface area contributed by atoms with Gasteiger partial charge in [0.2, 0.25) is 5.91 Å². The SMILES string of the molecule is CC(=O)Nc1ccc(CNc2cc(F)cc(F)c2F)cc1. The minimum Gasteiger partial charge on any atom is -0.378 e. The van der Waals surface area contributed by atoms with Crippen LogP contribution in [0.5, 0.6) is 0 Å². The van der Waals surface area contributed by atoms with Crippen molar-refractivity contribution in [2.75, 3.05) is 10.6 Å². The van der Waals surface area contributed by atoms with Crippen LogP contribution in [0.4, 0.5) is 24.5 Å². The zero-order valence-electron chi connectivity index (χ0n) is 11.2. The molecule has 0 aliphatic carbocycles. The van der Waals surface area contributed by atoms with E-state index in [9.17, 15) is 18.0 Å². The monoisotopic (exact) mass is 294 g/mol. The maximum absolute atomic E-state index is 13.4. The first-order chi connectivity index (χ1) is 9.95. The van der Waals surface area contributed by atoms with Crippen LogP contribution in [0.15, 0.2) is 36.4 Å². The van der Waals surface area contributed by atoms with Gasteiger partial charge in [-0.05, 0) is 17.7 Å². The average Bonchev–Trinajstić information content (AvgIpc) is 2.42. The molecule has 2 N–H and O–H groups in total. The van der Waals surface area contributed by atoms with E-state index in [4.69, 9.17) is 0 Å². The van der Waals surface area contributed by atoms with Gasteiger partial charge < -0.3 is 10.6 Å². The Morgan fingerprint density at radius 2 is 1.76 bits per heavy atom. The highest BCUT2D eigenvalue weighted by Gasteiger charge is 2.10. The van der Waals surface area contributed by atoms with Crippen molar-refractivity contribution in [3.8, 4) is 0 Å². The standard InChI is InChI=1S/C15H13F3N2O/c1-9(21)20-12-4-2-10(3-5-12)8-19-14-7-11(16)6-13(17)15(14)18/h2-7,19H,8H2,1H3,(H,20,21). The fourth-order valence-corrected chi connectivity index (χ4v) is 1.79. The van der Waals surface area contributed by atoms with Gasteiger partial charge in [0, 0.05) is 31.3 Å². The van der Waals surface area contributed by atoms with Gasteiger partial charge in [-0.15, -0.1) is 0 Å². The fourth-order valence-electron chi connectivity index (χ4n) is 1.79. The van der Waals surface area contributed by atoms with Crippen molar-refractivity contribution in [2.45, 2.75) is 13.5 Å². The quantitative estimate of drug-likeness (QED) is 0.845. The number of hydrogen-bond acceptors (Lipinski definition) is 2. The van der Waals surface area contributed by atoms with E-state index in [2.05, 4.69) is 10.6 Å². The molecular weight excluding hydrogens is 281 g/mol. The molecule has 0 atom stereocenters. The van der Waals surface area contributed by atoms with Gasteiger partial charge in [0.25, 0.3) is 0 Å². The molecule has 1 amide bonds. The second-order valence-electron chi connectivity index (χ2n) is 4.48. The summed E-state index contributed by atoms with van der Waals surface area (Å²) in [7, 11) is 0. The van der Waals surface area contributed by atoms with Crippen LogP contribution in [0.25, 0.3) is 0 Å². The molecule has 2 aromatic carbocycles. The van der Waals surface area contributed by atoms with Crippen molar-refractivity contribution < 1.29 is 18.0 Å². The van der Waals surface area contributed by atoms with Crippen LogP contribution < -0.4 is 10.6 Å². The third kappa shape index (κ3) is 3.98. The molecule has 2 aromatic rings. The fraction of sp³-hybridized carbons (Fsp3) is 0.133. The van der Waals surface area contributed by atoms with Crippen LogP contribution in [0.1, 0.15) is 12.5 Å². The largest absolute Gasteiger partial charge is 0.378 e.